The Morgan fingerprint density at radius 1 is 1.33 bits per heavy atom. The Hall–Kier alpha value is -0.940. The molecular weight excluding hydrogens is 425 g/mol. The van der Waals surface area contributed by atoms with Crippen molar-refractivity contribution in [3.8, 4) is 0 Å². The molecular formula is C15H28IN5O3. The molecule has 1 aliphatic rings. The van der Waals surface area contributed by atoms with Gasteiger partial charge in [0.1, 0.15) is 0 Å². The van der Waals surface area contributed by atoms with Crippen molar-refractivity contribution >= 4 is 29.9 Å². The second-order valence-corrected chi connectivity index (χ2v) is 5.57. The van der Waals surface area contributed by atoms with Crippen LogP contribution in [0.5, 0.6) is 0 Å². The van der Waals surface area contributed by atoms with Crippen molar-refractivity contribution in [3.63, 3.8) is 0 Å². The van der Waals surface area contributed by atoms with Gasteiger partial charge in [0.25, 0.3) is 0 Å². The molecule has 1 aromatic rings. The van der Waals surface area contributed by atoms with Crippen LogP contribution in [-0.2, 0) is 16.0 Å². The molecule has 0 aliphatic carbocycles. The lowest BCUT2D eigenvalue weighted by molar-refractivity contribution is 0.0203. The Morgan fingerprint density at radius 3 is 2.79 bits per heavy atom. The molecule has 0 aromatic carbocycles. The van der Waals surface area contributed by atoms with Gasteiger partial charge >= 0.3 is 0 Å². The van der Waals surface area contributed by atoms with Crippen molar-refractivity contribution in [1.29, 1.82) is 0 Å². The van der Waals surface area contributed by atoms with Gasteiger partial charge in [0, 0.05) is 46.9 Å². The van der Waals surface area contributed by atoms with Crippen LogP contribution in [0.2, 0.25) is 0 Å². The molecule has 1 aliphatic heterocycles. The number of hydrogen-bond acceptors (Lipinski definition) is 6. The summed E-state index contributed by atoms with van der Waals surface area (Å²) < 4.78 is 16.0. The maximum atomic E-state index is 5.73. The van der Waals surface area contributed by atoms with Crippen LogP contribution in [0.4, 0.5) is 0 Å². The zero-order valence-corrected chi connectivity index (χ0v) is 16.7. The number of nitrogens with one attached hydrogen (secondary N) is 2. The van der Waals surface area contributed by atoms with Crippen LogP contribution in [0.25, 0.3) is 0 Å². The van der Waals surface area contributed by atoms with E-state index >= 15 is 0 Å². The van der Waals surface area contributed by atoms with Gasteiger partial charge in [0.2, 0.25) is 5.89 Å². The van der Waals surface area contributed by atoms with Gasteiger partial charge in [0.05, 0.1) is 6.54 Å². The number of aromatic nitrogens is 2. The van der Waals surface area contributed by atoms with E-state index in [1.54, 1.807) is 14.0 Å². The predicted molar refractivity (Wildman–Crippen MR) is 102 cm³/mol. The summed E-state index contributed by atoms with van der Waals surface area (Å²) in [5.74, 6) is 2.55. The maximum Gasteiger partial charge on any atom is 0.223 e. The third kappa shape index (κ3) is 8.25. The Kier molecular flexibility index (Phi) is 10.9. The Balaban J connectivity index is 0.00000288. The number of ether oxygens (including phenoxy) is 2. The van der Waals surface area contributed by atoms with Crippen LogP contribution in [-0.4, -0.2) is 56.1 Å². The average Bonchev–Trinajstić information content (AvgIpc) is 3.00. The molecule has 1 saturated heterocycles. The summed E-state index contributed by atoms with van der Waals surface area (Å²) in [6.07, 6.45) is 3.17. The van der Waals surface area contributed by atoms with Crippen LogP contribution < -0.4 is 10.6 Å². The number of nitrogens with zero attached hydrogens (tertiary/aromatic N) is 3. The molecule has 2 rings (SSSR count). The fourth-order valence-corrected chi connectivity index (χ4v) is 2.34. The topological polar surface area (TPSA) is 93.8 Å². The molecule has 24 heavy (non-hydrogen) atoms. The van der Waals surface area contributed by atoms with Crippen LogP contribution in [0, 0.1) is 12.8 Å². The zero-order chi connectivity index (χ0) is 16.3. The third-order valence-electron chi connectivity index (χ3n) is 3.66. The van der Waals surface area contributed by atoms with E-state index in [0.717, 1.165) is 58.2 Å². The molecule has 2 N–H and O–H groups in total. The highest BCUT2D eigenvalue weighted by molar-refractivity contribution is 14.0. The monoisotopic (exact) mass is 453 g/mol. The lowest BCUT2D eigenvalue weighted by Crippen LogP contribution is -2.37. The van der Waals surface area contributed by atoms with Gasteiger partial charge in [-0.25, -0.2) is 0 Å². The summed E-state index contributed by atoms with van der Waals surface area (Å²) in [5, 5.41) is 10.2. The van der Waals surface area contributed by atoms with Crippen molar-refractivity contribution in [1.82, 2.24) is 20.8 Å². The molecule has 1 aromatic heterocycles. The number of aliphatic imine (C=N–C) groups is 1. The largest absolute Gasteiger partial charge is 0.381 e. The summed E-state index contributed by atoms with van der Waals surface area (Å²) >= 11 is 0. The minimum absolute atomic E-state index is 0. The summed E-state index contributed by atoms with van der Waals surface area (Å²) in [7, 11) is 1.73. The molecule has 1 fully saturated rings. The molecule has 0 unspecified atom stereocenters. The van der Waals surface area contributed by atoms with Crippen molar-refractivity contribution < 1.29 is 14.0 Å². The van der Waals surface area contributed by atoms with Gasteiger partial charge in [-0.2, -0.15) is 4.98 Å². The maximum absolute atomic E-state index is 5.73. The molecule has 138 valence electrons. The van der Waals surface area contributed by atoms with Crippen LogP contribution >= 0.6 is 24.0 Å². The number of hydrogen-bond donors (Lipinski definition) is 2. The second kappa shape index (κ2) is 12.4. The van der Waals surface area contributed by atoms with E-state index in [-0.39, 0.29) is 24.0 Å². The van der Waals surface area contributed by atoms with E-state index in [9.17, 15) is 0 Å². The van der Waals surface area contributed by atoms with Gasteiger partial charge in [-0.15, -0.1) is 24.0 Å². The predicted octanol–water partition coefficient (Wildman–Crippen LogP) is 1.49. The van der Waals surface area contributed by atoms with Crippen molar-refractivity contribution in [2.24, 2.45) is 10.9 Å². The first-order valence-electron chi connectivity index (χ1n) is 8.17. The Bertz CT molecular complexity index is 477. The van der Waals surface area contributed by atoms with E-state index < -0.39 is 0 Å². The molecule has 0 atom stereocenters. The summed E-state index contributed by atoms with van der Waals surface area (Å²) in [6.45, 7) is 6.40. The summed E-state index contributed by atoms with van der Waals surface area (Å²) in [5.41, 5.74) is 0. The first-order chi connectivity index (χ1) is 11.3. The van der Waals surface area contributed by atoms with Gasteiger partial charge in [0.15, 0.2) is 11.8 Å². The number of aryl methyl sites for hydroxylation is 1. The quantitative estimate of drug-likeness (QED) is 0.267. The molecule has 0 radical (unpaired) electrons. The first kappa shape index (κ1) is 21.1. The number of halogens is 1. The van der Waals surface area contributed by atoms with Gasteiger partial charge in [-0.1, -0.05) is 5.16 Å². The molecule has 2 heterocycles. The zero-order valence-electron chi connectivity index (χ0n) is 14.4. The van der Waals surface area contributed by atoms with Crippen molar-refractivity contribution in [3.05, 3.63) is 11.7 Å². The molecule has 8 nitrogen and oxygen atoms in total. The fourth-order valence-electron chi connectivity index (χ4n) is 2.34. The van der Waals surface area contributed by atoms with E-state index in [2.05, 4.69) is 25.8 Å². The molecule has 9 heteroatoms. The fraction of sp³-hybridized carbons (Fsp3) is 0.800. The van der Waals surface area contributed by atoms with Crippen LogP contribution in [0.3, 0.4) is 0 Å². The van der Waals surface area contributed by atoms with Gasteiger partial charge < -0.3 is 24.6 Å². The highest BCUT2D eigenvalue weighted by Gasteiger charge is 2.13. The molecule has 0 bridgehead atoms. The van der Waals surface area contributed by atoms with Crippen molar-refractivity contribution in [2.45, 2.75) is 32.7 Å². The molecule has 0 spiro atoms. The van der Waals surface area contributed by atoms with E-state index in [0.29, 0.717) is 24.2 Å². The van der Waals surface area contributed by atoms with Crippen LogP contribution in [0.1, 0.15) is 31.0 Å². The van der Waals surface area contributed by atoms with Gasteiger partial charge in [-0.3, -0.25) is 4.99 Å². The lowest BCUT2D eigenvalue weighted by Gasteiger charge is -2.21. The highest BCUT2D eigenvalue weighted by Crippen LogP contribution is 2.14. The van der Waals surface area contributed by atoms with Crippen molar-refractivity contribution in [2.75, 3.05) is 40.0 Å². The average molecular weight is 453 g/mol. The van der Waals surface area contributed by atoms with Crippen LogP contribution in [0.15, 0.2) is 9.52 Å². The molecule has 0 amide bonds. The first-order valence-corrected chi connectivity index (χ1v) is 8.17. The Morgan fingerprint density at radius 2 is 2.12 bits per heavy atom. The number of guanidine groups is 1. The minimum Gasteiger partial charge on any atom is -0.381 e. The van der Waals surface area contributed by atoms with E-state index in [1.165, 1.54) is 0 Å². The van der Waals surface area contributed by atoms with E-state index in [1.807, 2.05) is 0 Å². The lowest BCUT2D eigenvalue weighted by atomic mass is 10.0. The summed E-state index contributed by atoms with van der Waals surface area (Å²) in [6, 6.07) is 0. The Labute approximate surface area is 160 Å². The standard InChI is InChI=1S/C15H27N5O3.HI/c1-12-19-14(20-23-12)10-18-15(16-2)17-6-3-7-22-11-13-4-8-21-9-5-13;/h13H,3-11H2,1-2H3,(H2,16,17,18);1H. The SMILES string of the molecule is CN=C(NCCCOCC1CCOCC1)NCc1noc(C)n1.I. The second-order valence-electron chi connectivity index (χ2n) is 5.57. The smallest absolute Gasteiger partial charge is 0.223 e. The highest BCUT2D eigenvalue weighted by atomic mass is 127. The molecule has 0 saturated carbocycles. The van der Waals surface area contributed by atoms with E-state index in [4.69, 9.17) is 14.0 Å². The van der Waals surface area contributed by atoms with Gasteiger partial charge in [-0.05, 0) is 25.2 Å². The normalized spacial score (nSPS) is 15.8. The minimum atomic E-state index is 0. The summed E-state index contributed by atoms with van der Waals surface area (Å²) in [4.78, 5) is 8.28. The third-order valence-corrected chi connectivity index (χ3v) is 3.66. The number of rotatable bonds is 8.